The van der Waals surface area contributed by atoms with Crippen molar-refractivity contribution in [1.82, 2.24) is 9.55 Å². The van der Waals surface area contributed by atoms with Crippen LogP contribution in [0.15, 0.2) is 41.2 Å². The van der Waals surface area contributed by atoms with Gasteiger partial charge in [-0.25, -0.2) is 4.79 Å². The van der Waals surface area contributed by atoms with Gasteiger partial charge in [0.2, 0.25) is 5.91 Å². The fourth-order valence-corrected chi connectivity index (χ4v) is 3.44. The molecule has 0 saturated carbocycles. The fourth-order valence-electron chi connectivity index (χ4n) is 2.39. The highest BCUT2D eigenvalue weighted by molar-refractivity contribution is 7.21. The van der Waals surface area contributed by atoms with Gasteiger partial charge in [-0.2, -0.15) is 4.98 Å². The highest BCUT2D eigenvalue weighted by Crippen LogP contribution is 2.36. The molecule has 0 saturated heterocycles. The molecule has 2 aromatic heterocycles. The van der Waals surface area contributed by atoms with Gasteiger partial charge in [0.25, 0.3) is 0 Å². The zero-order chi connectivity index (χ0) is 17.4. The smallest absolute Gasteiger partial charge is 0.349 e. The van der Waals surface area contributed by atoms with Gasteiger partial charge < -0.3 is 5.73 Å². The van der Waals surface area contributed by atoms with Crippen LogP contribution < -0.4 is 11.4 Å². The molecule has 1 atom stereocenters. The van der Waals surface area contributed by atoms with E-state index < -0.39 is 22.6 Å². The Balaban J connectivity index is 2.41. The van der Waals surface area contributed by atoms with E-state index in [1.165, 1.54) is 13.0 Å². The molecule has 3 aromatic rings. The van der Waals surface area contributed by atoms with Gasteiger partial charge in [-0.15, -0.1) is 0 Å². The molecule has 3 rings (SSSR count). The summed E-state index contributed by atoms with van der Waals surface area (Å²) in [6, 6.07) is 9.28. The quantitative estimate of drug-likeness (QED) is 0.573. The van der Waals surface area contributed by atoms with E-state index in [2.05, 4.69) is 4.98 Å². The molecule has 1 amide bonds. The van der Waals surface area contributed by atoms with Crippen LogP contribution in [-0.4, -0.2) is 20.4 Å². The van der Waals surface area contributed by atoms with E-state index in [4.69, 9.17) is 5.73 Å². The summed E-state index contributed by atoms with van der Waals surface area (Å²) in [6.45, 7) is 1.46. The average molecular weight is 344 g/mol. The fraction of sp³-hybridized carbons (Fsp3) is 0.133. The topological polar surface area (TPSA) is 121 Å². The van der Waals surface area contributed by atoms with Gasteiger partial charge in [-0.05, 0) is 18.3 Å². The highest BCUT2D eigenvalue weighted by atomic mass is 32.1. The van der Waals surface area contributed by atoms with Crippen molar-refractivity contribution in [2.75, 3.05) is 0 Å². The molecule has 0 aliphatic carbocycles. The zero-order valence-electron chi connectivity index (χ0n) is 12.5. The summed E-state index contributed by atoms with van der Waals surface area (Å²) in [5, 5.41) is 11.4. The number of fused-ring (bicyclic) bond motifs is 1. The van der Waals surface area contributed by atoms with E-state index in [-0.39, 0.29) is 5.00 Å². The van der Waals surface area contributed by atoms with Crippen molar-refractivity contribution in [1.29, 1.82) is 0 Å². The van der Waals surface area contributed by atoms with Crippen molar-refractivity contribution < 1.29 is 9.72 Å². The lowest BCUT2D eigenvalue weighted by atomic mass is 10.1. The van der Waals surface area contributed by atoms with E-state index in [0.29, 0.717) is 21.5 Å². The third-order valence-electron chi connectivity index (χ3n) is 3.61. The Labute approximate surface area is 139 Å². The van der Waals surface area contributed by atoms with Crippen LogP contribution in [-0.2, 0) is 4.79 Å². The van der Waals surface area contributed by atoms with Crippen molar-refractivity contribution in [3.63, 3.8) is 0 Å². The molecular formula is C15H12N4O4S. The summed E-state index contributed by atoms with van der Waals surface area (Å²) in [5.41, 5.74) is 5.61. The molecule has 0 radical (unpaired) electrons. The lowest BCUT2D eigenvalue weighted by molar-refractivity contribution is -0.380. The predicted octanol–water partition coefficient (Wildman–Crippen LogP) is 2.08. The van der Waals surface area contributed by atoms with Crippen LogP contribution >= 0.6 is 11.3 Å². The third-order valence-corrected chi connectivity index (χ3v) is 4.70. The Morgan fingerprint density at radius 1 is 1.38 bits per heavy atom. The van der Waals surface area contributed by atoms with Gasteiger partial charge >= 0.3 is 10.7 Å². The Hall–Kier alpha value is -3.07. The number of nitrogens with two attached hydrogens (primary N) is 1. The molecular weight excluding hydrogens is 332 g/mol. The van der Waals surface area contributed by atoms with Crippen molar-refractivity contribution in [2.24, 2.45) is 5.73 Å². The molecule has 2 heterocycles. The second kappa shape index (κ2) is 5.85. The number of nitrogens with zero attached hydrogens (tertiary/aromatic N) is 3. The van der Waals surface area contributed by atoms with Crippen molar-refractivity contribution >= 4 is 32.5 Å². The maximum absolute atomic E-state index is 12.4. The van der Waals surface area contributed by atoms with Crippen LogP contribution in [0.4, 0.5) is 5.00 Å². The Bertz CT molecular complexity index is 1010. The molecule has 2 N–H and O–H groups in total. The number of nitro groups is 1. The first-order valence-electron chi connectivity index (χ1n) is 6.95. The lowest BCUT2D eigenvalue weighted by Gasteiger charge is -2.13. The van der Waals surface area contributed by atoms with Crippen LogP contribution in [0.5, 0.6) is 0 Å². The number of aromatic nitrogens is 2. The number of amides is 1. The van der Waals surface area contributed by atoms with Crippen LogP contribution in [0.25, 0.3) is 21.5 Å². The van der Waals surface area contributed by atoms with Gasteiger partial charge in [0.05, 0.1) is 10.6 Å². The molecule has 0 spiro atoms. The molecule has 0 bridgehead atoms. The van der Waals surface area contributed by atoms with Gasteiger partial charge in [-0.1, -0.05) is 30.3 Å². The molecule has 1 aromatic carbocycles. The minimum atomic E-state index is -0.962. The second-order valence-electron chi connectivity index (χ2n) is 5.12. The molecule has 0 fully saturated rings. The maximum atomic E-state index is 12.4. The Morgan fingerprint density at radius 3 is 2.62 bits per heavy atom. The number of carbonyl (C=O) groups is 1. The van der Waals surface area contributed by atoms with E-state index >= 15 is 0 Å². The Kier molecular flexibility index (Phi) is 3.86. The molecule has 24 heavy (non-hydrogen) atoms. The number of benzene rings is 1. The first-order valence-corrected chi connectivity index (χ1v) is 7.77. The van der Waals surface area contributed by atoms with Gasteiger partial charge in [0.1, 0.15) is 10.9 Å². The van der Waals surface area contributed by atoms with Crippen LogP contribution in [0, 0.1) is 10.1 Å². The summed E-state index contributed by atoms with van der Waals surface area (Å²) >= 11 is 0.817. The monoisotopic (exact) mass is 344 g/mol. The first-order chi connectivity index (χ1) is 11.4. The van der Waals surface area contributed by atoms with Gasteiger partial charge in [-0.3, -0.25) is 19.5 Å². The minimum absolute atomic E-state index is 0.139. The number of thiophene rings is 1. The van der Waals surface area contributed by atoms with E-state index in [1.54, 1.807) is 24.3 Å². The SMILES string of the molecule is CC(C(N)=O)n1c(=O)nc(-c2ccccc2)c2cc([N+](=O)[O-])sc21. The summed E-state index contributed by atoms with van der Waals surface area (Å²) in [5.74, 6) is -0.719. The van der Waals surface area contributed by atoms with Crippen molar-refractivity contribution in [3.8, 4) is 11.3 Å². The Morgan fingerprint density at radius 2 is 2.04 bits per heavy atom. The summed E-state index contributed by atoms with van der Waals surface area (Å²) in [7, 11) is 0. The van der Waals surface area contributed by atoms with E-state index in [9.17, 15) is 19.7 Å². The number of hydrogen-bond donors (Lipinski definition) is 1. The van der Waals surface area contributed by atoms with Crippen LogP contribution in [0.1, 0.15) is 13.0 Å². The normalized spacial score (nSPS) is 12.2. The molecule has 8 nitrogen and oxygen atoms in total. The lowest BCUT2D eigenvalue weighted by Crippen LogP contribution is -2.33. The van der Waals surface area contributed by atoms with E-state index in [0.717, 1.165) is 15.9 Å². The van der Waals surface area contributed by atoms with Crippen LogP contribution in [0.2, 0.25) is 0 Å². The predicted molar refractivity (Wildman–Crippen MR) is 89.9 cm³/mol. The standard InChI is InChI=1S/C15H12N4O4S/c1-8(13(16)20)18-14-10(7-11(24-14)19(22)23)12(17-15(18)21)9-5-3-2-4-6-9/h2-8H,1H3,(H2,16,20). The van der Waals surface area contributed by atoms with Crippen LogP contribution in [0.3, 0.4) is 0 Å². The minimum Gasteiger partial charge on any atom is -0.368 e. The molecule has 9 heteroatoms. The number of rotatable bonds is 4. The number of hydrogen-bond acceptors (Lipinski definition) is 6. The average Bonchev–Trinajstić information content (AvgIpc) is 2.99. The maximum Gasteiger partial charge on any atom is 0.349 e. The summed E-state index contributed by atoms with van der Waals surface area (Å²) in [4.78, 5) is 38.9. The summed E-state index contributed by atoms with van der Waals surface area (Å²) in [6.07, 6.45) is 0. The zero-order valence-corrected chi connectivity index (χ0v) is 13.3. The second-order valence-corrected chi connectivity index (χ2v) is 6.13. The third kappa shape index (κ3) is 2.54. The number of primary amides is 1. The largest absolute Gasteiger partial charge is 0.368 e. The molecule has 0 aliphatic rings. The van der Waals surface area contributed by atoms with Crippen molar-refractivity contribution in [3.05, 3.63) is 57.0 Å². The molecule has 122 valence electrons. The molecule has 0 aliphatic heterocycles. The summed E-state index contributed by atoms with van der Waals surface area (Å²) < 4.78 is 1.10. The van der Waals surface area contributed by atoms with Crippen molar-refractivity contribution in [2.45, 2.75) is 13.0 Å². The van der Waals surface area contributed by atoms with Gasteiger partial charge in [0.15, 0.2) is 0 Å². The van der Waals surface area contributed by atoms with Gasteiger partial charge in [0, 0.05) is 17.0 Å². The number of carbonyl (C=O) groups excluding carboxylic acids is 1. The molecule has 1 unspecified atom stereocenters. The highest BCUT2D eigenvalue weighted by Gasteiger charge is 2.24. The van der Waals surface area contributed by atoms with E-state index in [1.807, 2.05) is 6.07 Å². The first kappa shape index (κ1) is 15.8.